The maximum atomic E-state index is 12.7. The smallest absolute Gasteiger partial charge is 0.387 e. The molecule has 0 radical (unpaired) electrons. The Hall–Kier alpha value is -0.760. The van der Waals surface area contributed by atoms with E-state index in [4.69, 9.17) is 9.05 Å². The number of rotatable bonds is 33. The summed E-state index contributed by atoms with van der Waals surface area (Å²) in [5.74, 6) is -0.180. The summed E-state index contributed by atoms with van der Waals surface area (Å²) >= 11 is 0. The Bertz CT molecular complexity index is 758. The van der Waals surface area contributed by atoms with Crippen LogP contribution in [0.15, 0.2) is 12.2 Å². The highest BCUT2D eigenvalue weighted by Gasteiger charge is 2.27. The molecular formula is C36H74N2O6P+. The minimum absolute atomic E-state index is 0.0639. The van der Waals surface area contributed by atoms with Gasteiger partial charge in [0.2, 0.25) is 5.91 Å². The zero-order valence-electron chi connectivity index (χ0n) is 30.1. The molecule has 0 fully saturated rings. The number of hydrogen-bond donors (Lipinski definition) is 3. The highest BCUT2D eigenvalue weighted by Crippen LogP contribution is 2.43. The van der Waals surface area contributed by atoms with Gasteiger partial charge in [-0.15, -0.1) is 0 Å². The maximum absolute atomic E-state index is 12.7. The van der Waals surface area contributed by atoms with Crippen LogP contribution in [0.2, 0.25) is 0 Å². The largest absolute Gasteiger partial charge is 0.472 e. The number of phosphoric acid groups is 1. The van der Waals surface area contributed by atoms with Crippen LogP contribution in [0.4, 0.5) is 0 Å². The molecular weight excluding hydrogens is 587 g/mol. The number of allylic oxidation sites excluding steroid dienone is 1. The van der Waals surface area contributed by atoms with E-state index in [0.717, 1.165) is 38.5 Å². The summed E-state index contributed by atoms with van der Waals surface area (Å²) in [5.41, 5.74) is 0. The number of nitrogens with one attached hydrogen (secondary N) is 1. The van der Waals surface area contributed by atoms with E-state index < -0.39 is 20.0 Å². The second kappa shape index (κ2) is 29.4. The molecule has 3 atom stereocenters. The summed E-state index contributed by atoms with van der Waals surface area (Å²) in [7, 11) is 1.57. The number of nitrogens with zero attached hydrogens (tertiary/aromatic N) is 1. The van der Waals surface area contributed by atoms with Gasteiger partial charge in [0, 0.05) is 6.42 Å². The molecule has 1 amide bonds. The zero-order chi connectivity index (χ0) is 33.7. The number of carbonyl (C=O) groups is 1. The van der Waals surface area contributed by atoms with Gasteiger partial charge in [0.05, 0.1) is 39.9 Å². The summed E-state index contributed by atoms with van der Waals surface area (Å²) < 4.78 is 23.4. The number of unbranched alkanes of at least 4 members (excludes halogenated alkanes) is 20. The first-order valence-corrected chi connectivity index (χ1v) is 20.1. The molecule has 45 heavy (non-hydrogen) atoms. The Kier molecular flexibility index (Phi) is 28.9. The van der Waals surface area contributed by atoms with E-state index in [1.807, 2.05) is 27.2 Å². The van der Waals surface area contributed by atoms with Crippen LogP contribution in [0.3, 0.4) is 0 Å². The lowest BCUT2D eigenvalue weighted by atomic mass is 10.0. The molecule has 0 aromatic carbocycles. The van der Waals surface area contributed by atoms with Crippen LogP contribution in [-0.4, -0.2) is 73.4 Å². The fourth-order valence-corrected chi connectivity index (χ4v) is 5.95. The van der Waals surface area contributed by atoms with Crippen LogP contribution in [0.1, 0.15) is 162 Å². The number of aliphatic hydroxyl groups is 1. The number of hydrogen-bond acceptors (Lipinski definition) is 5. The molecule has 0 aromatic heterocycles. The molecule has 0 aliphatic carbocycles. The first-order valence-electron chi connectivity index (χ1n) is 18.6. The van der Waals surface area contributed by atoms with Gasteiger partial charge < -0.3 is 19.8 Å². The zero-order valence-corrected chi connectivity index (χ0v) is 31.0. The van der Waals surface area contributed by atoms with Crippen molar-refractivity contribution < 1.29 is 32.9 Å². The topological polar surface area (TPSA) is 105 Å². The molecule has 268 valence electrons. The maximum Gasteiger partial charge on any atom is 0.472 e. The predicted molar refractivity (Wildman–Crippen MR) is 189 cm³/mol. The van der Waals surface area contributed by atoms with Gasteiger partial charge >= 0.3 is 7.82 Å². The summed E-state index contributed by atoms with van der Waals surface area (Å²) in [5, 5.41) is 13.7. The van der Waals surface area contributed by atoms with Crippen LogP contribution in [0.25, 0.3) is 0 Å². The van der Waals surface area contributed by atoms with E-state index in [-0.39, 0.29) is 19.1 Å². The third-order valence-electron chi connectivity index (χ3n) is 8.26. The standard InChI is InChI=1S/C36H73N2O6P/c1-6-8-10-12-14-16-18-19-20-22-24-26-28-30-36(40)37-34(33-44-45(41,42)43-32-31-38(3,4)5)35(39)29-27-25-23-21-17-15-13-11-9-7-2/h27,29,34-35,39H,6-26,28,30-33H2,1-5H3,(H-,37,40,41,42)/p+1/b29-27+. The van der Waals surface area contributed by atoms with E-state index in [9.17, 15) is 19.4 Å². The molecule has 0 spiro atoms. The van der Waals surface area contributed by atoms with Gasteiger partial charge in [-0.3, -0.25) is 13.8 Å². The number of carbonyl (C=O) groups excluding carboxylic acids is 1. The monoisotopic (exact) mass is 662 g/mol. The molecule has 0 saturated carbocycles. The first-order chi connectivity index (χ1) is 21.5. The van der Waals surface area contributed by atoms with Crippen LogP contribution < -0.4 is 5.32 Å². The van der Waals surface area contributed by atoms with Gasteiger partial charge in [0.25, 0.3) is 0 Å². The highest BCUT2D eigenvalue weighted by molar-refractivity contribution is 7.47. The van der Waals surface area contributed by atoms with Crippen LogP contribution >= 0.6 is 7.82 Å². The third kappa shape index (κ3) is 31.6. The van der Waals surface area contributed by atoms with Crippen LogP contribution in [-0.2, 0) is 18.4 Å². The third-order valence-corrected chi connectivity index (χ3v) is 9.24. The number of aliphatic hydroxyl groups excluding tert-OH is 1. The molecule has 0 aliphatic rings. The fraction of sp³-hybridized carbons (Fsp3) is 0.917. The van der Waals surface area contributed by atoms with Crippen molar-refractivity contribution >= 4 is 13.7 Å². The normalized spacial score (nSPS) is 14.9. The van der Waals surface area contributed by atoms with Gasteiger partial charge in [-0.05, 0) is 19.3 Å². The Morgan fingerprint density at radius 2 is 1.18 bits per heavy atom. The lowest BCUT2D eigenvalue weighted by molar-refractivity contribution is -0.870. The number of likely N-dealkylation sites (N-methyl/N-ethyl adjacent to an activating group) is 1. The fourth-order valence-electron chi connectivity index (χ4n) is 5.22. The Balaban J connectivity index is 4.53. The van der Waals surface area contributed by atoms with Gasteiger partial charge in [0.1, 0.15) is 13.2 Å². The molecule has 3 N–H and O–H groups in total. The summed E-state index contributed by atoms with van der Waals surface area (Å²) in [6.07, 6.45) is 29.8. The summed E-state index contributed by atoms with van der Waals surface area (Å²) in [6, 6.07) is -0.836. The number of quaternary nitrogens is 1. The van der Waals surface area contributed by atoms with Gasteiger partial charge in [-0.25, -0.2) is 4.57 Å². The Labute approximate surface area is 278 Å². The lowest BCUT2D eigenvalue weighted by Crippen LogP contribution is -2.45. The average molecular weight is 662 g/mol. The van der Waals surface area contributed by atoms with Gasteiger partial charge in [-0.1, -0.05) is 148 Å². The minimum Gasteiger partial charge on any atom is -0.387 e. The first kappa shape index (κ1) is 44.2. The molecule has 0 aliphatic heterocycles. The molecule has 0 saturated heterocycles. The Morgan fingerprint density at radius 3 is 1.64 bits per heavy atom. The lowest BCUT2D eigenvalue weighted by Gasteiger charge is -2.25. The molecule has 3 unspecified atom stereocenters. The van der Waals surface area contributed by atoms with E-state index in [1.165, 1.54) is 103 Å². The second-order valence-electron chi connectivity index (χ2n) is 14.0. The van der Waals surface area contributed by atoms with Crippen molar-refractivity contribution in [3.05, 3.63) is 12.2 Å². The highest BCUT2D eigenvalue weighted by atomic mass is 31.2. The molecule has 0 rings (SSSR count). The van der Waals surface area contributed by atoms with Crippen LogP contribution in [0, 0.1) is 0 Å². The van der Waals surface area contributed by atoms with E-state index in [2.05, 4.69) is 19.2 Å². The summed E-state index contributed by atoms with van der Waals surface area (Å²) in [6.45, 7) is 4.77. The van der Waals surface area contributed by atoms with Crippen molar-refractivity contribution in [1.29, 1.82) is 0 Å². The second-order valence-corrected chi connectivity index (χ2v) is 15.4. The average Bonchev–Trinajstić information content (AvgIpc) is 2.97. The SMILES string of the molecule is CCCCCCCCCC/C=C/C(O)C(COP(=O)(O)OCC[N+](C)(C)C)NC(=O)CCCCCCCCCCCCCCC. The molecule has 0 heterocycles. The quantitative estimate of drug-likeness (QED) is 0.0280. The van der Waals surface area contributed by atoms with Crippen LogP contribution in [0.5, 0.6) is 0 Å². The van der Waals surface area contributed by atoms with Crippen molar-refractivity contribution in [3.8, 4) is 0 Å². The van der Waals surface area contributed by atoms with Crippen molar-refractivity contribution in [1.82, 2.24) is 5.32 Å². The van der Waals surface area contributed by atoms with Crippen molar-refractivity contribution in [2.75, 3.05) is 40.9 Å². The van der Waals surface area contributed by atoms with Gasteiger partial charge in [0.15, 0.2) is 0 Å². The number of phosphoric ester groups is 1. The Morgan fingerprint density at radius 1 is 0.733 bits per heavy atom. The molecule has 8 nitrogen and oxygen atoms in total. The molecule has 0 aromatic rings. The van der Waals surface area contributed by atoms with Gasteiger partial charge in [-0.2, -0.15) is 0 Å². The van der Waals surface area contributed by atoms with E-state index in [0.29, 0.717) is 17.4 Å². The van der Waals surface area contributed by atoms with Crippen molar-refractivity contribution in [2.45, 2.75) is 174 Å². The number of amides is 1. The van der Waals surface area contributed by atoms with Crippen molar-refractivity contribution in [2.24, 2.45) is 0 Å². The molecule has 0 bridgehead atoms. The summed E-state index contributed by atoms with van der Waals surface area (Å²) in [4.78, 5) is 22.9. The van der Waals surface area contributed by atoms with E-state index >= 15 is 0 Å². The minimum atomic E-state index is -4.32. The van der Waals surface area contributed by atoms with Crippen molar-refractivity contribution in [3.63, 3.8) is 0 Å². The van der Waals surface area contributed by atoms with E-state index in [1.54, 1.807) is 6.08 Å². The molecule has 9 heteroatoms. The predicted octanol–water partition coefficient (Wildman–Crippen LogP) is 9.24.